The van der Waals surface area contributed by atoms with Gasteiger partial charge in [0.1, 0.15) is 6.61 Å². The minimum atomic E-state index is -1.09. The highest BCUT2D eigenvalue weighted by Crippen LogP contribution is 2.16. The van der Waals surface area contributed by atoms with Gasteiger partial charge in [0.05, 0.1) is 10.4 Å². The van der Waals surface area contributed by atoms with Gasteiger partial charge in [0.2, 0.25) is 0 Å². The molecule has 0 radical (unpaired) electrons. The summed E-state index contributed by atoms with van der Waals surface area (Å²) >= 11 is 1.38. The molecule has 4 aromatic carbocycles. The maximum absolute atomic E-state index is 13.2. The number of rotatable bonds is 14. The molecule has 5 aromatic rings. The van der Waals surface area contributed by atoms with E-state index in [-0.39, 0.29) is 44.4 Å². The van der Waals surface area contributed by atoms with Crippen LogP contribution in [0, 0.1) is 0 Å². The molecule has 0 spiro atoms. The third kappa shape index (κ3) is 9.21. The predicted molar refractivity (Wildman–Crippen MR) is 178 cm³/mol. The first-order valence-corrected chi connectivity index (χ1v) is 15.9. The third-order valence-electron chi connectivity index (χ3n) is 7.46. The van der Waals surface area contributed by atoms with Gasteiger partial charge in [0, 0.05) is 54.6 Å². The predicted octanol–water partition coefficient (Wildman–Crippen LogP) is 7.31. The summed E-state index contributed by atoms with van der Waals surface area (Å²) < 4.78 is 5.55. The van der Waals surface area contributed by atoms with Crippen LogP contribution in [0.4, 0.5) is 9.59 Å². The topological polar surface area (TPSA) is 117 Å². The number of ketones is 2. The Balaban J connectivity index is 1.21. The average Bonchev–Trinajstić information content (AvgIpc) is 3.64. The highest BCUT2D eigenvalue weighted by Gasteiger charge is 2.19. The molecule has 0 aliphatic heterocycles. The van der Waals surface area contributed by atoms with E-state index in [0.717, 1.165) is 16.0 Å². The van der Waals surface area contributed by atoms with Crippen LogP contribution < -0.4 is 0 Å². The summed E-state index contributed by atoms with van der Waals surface area (Å²) in [4.78, 5) is 58.5. The number of carbonyl (C=O) groups is 4. The molecule has 0 unspecified atom stereocenters. The fourth-order valence-corrected chi connectivity index (χ4v) is 5.45. The highest BCUT2D eigenvalue weighted by atomic mass is 32.1. The van der Waals surface area contributed by atoms with Crippen LogP contribution in [0.5, 0.6) is 0 Å². The van der Waals surface area contributed by atoms with Gasteiger partial charge in [0.25, 0.3) is 0 Å². The summed E-state index contributed by atoms with van der Waals surface area (Å²) in [6, 6.07) is 31.9. The zero-order chi connectivity index (χ0) is 33.0. The van der Waals surface area contributed by atoms with Gasteiger partial charge in [-0.05, 0) is 17.5 Å². The molecule has 0 aliphatic rings. The Labute approximate surface area is 276 Å². The largest absolute Gasteiger partial charge is 0.465 e. The molecule has 0 saturated carbocycles. The number of hydrogen-bond acceptors (Lipinski definition) is 7. The Morgan fingerprint density at radius 1 is 0.638 bits per heavy atom. The molecule has 1 heterocycles. The molecule has 1 aromatic heterocycles. The molecule has 0 aliphatic carbocycles. The smallest absolute Gasteiger partial charge is 0.410 e. The van der Waals surface area contributed by atoms with Gasteiger partial charge in [-0.15, -0.1) is 11.3 Å². The van der Waals surface area contributed by atoms with Crippen molar-refractivity contribution in [1.29, 1.82) is 0 Å². The summed E-state index contributed by atoms with van der Waals surface area (Å²) in [5, 5.41) is 9.91. The van der Waals surface area contributed by atoms with Crippen LogP contribution in [0.25, 0.3) is 0 Å². The minimum Gasteiger partial charge on any atom is -0.465 e. The SMILES string of the molecule is O=C(c1ccccc1)c1ccc(CN(CCCN(Cc2ccc(C(=O)c3ccccc3)cc2)C(=O)OCc2cncs2)C(=O)O)cc1. The average molecular weight is 648 g/mol. The molecule has 47 heavy (non-hydrogen) atoms. The van der Waals surface area contributed by atoms with E-state index in [9.17, 15) is 24.3 Å². The van der Waals surface area contributed by atoms with Crippen LogP contribution in [-0.2, 0) is 24.4 Å². The number of carboxylic acid groups (broad SMARTS) is 1. The Bertz CT molecular complexity index is 1780. The summed E-state index contributed by atoms with van der Waals surface area (Å²) in [5.41, 5.74) is 5.43. The molecule has 0 saturated heterocycles. The van der Waals surface area contributed by atoms with Crippen molar-refractivity contribution in [3.8, 4) is 0 Å². The van der Waals surface area contributed by atoms with Crippen molar-refractivity contribution in [2.75, 3.05) is 13.1 Å². The van der Waals surface area contributed by atoms with Crippen LogP contribution in [0.15, 0.2) is 121 Å². The highest BCUT2D eigenvalue weighted by molar-refractivity contribution is 7.09. The maximum Gasteiger partial charge on any atom is 0.410 e. The molecular formula is C37H33N3O6S. The molecule has 5 rings (SSSR count). The fraction of sp³-hybridized carbons (Fsp3) is 0.162. The van der Waals surface area contributed by atoms with E-state index in [1.165, 1.54) is 21.1 Å². The molecule has 10 heteroatoms. The number of ether oxygens (including phenoxy) is 1. The first kappa shape index (κ1) is 32.8. The molecular weight excluding hydrogens is 614 g/mol. The lowest BCUT2D eigenvalue weighted by atomic mass is 10.0. The first-order valence-electron chi connectivity index (χ1n) is 15.0. The molecule has 0 fully saturated rings. The Morgan fingerprint density at radius 2 is 1.11 bits per heavy atom. The third-order valence-corrected chi connectivity index (χ3v) is 8.21. The van der Waals surface area contributed by atoms with Crippen LogP contribution in [0.3, 0.4) is 0 Å². The Kier molecular flexibility index (Phi) is 11.2. The van der Waals surface area contributed by atoms with Crippen molar-refractivity contribution in [1.82, 2.24) is 14.8 Å². The number of thiazole rings is 1. The van der Waals surface area contributed by atoms with Gasteiger partial charge in [-0.1, -0.05) is 109 Å². The van der Waals surface area contributed by atoms with Crippen molar-refractivity contribution < 1.29 is 29.0 Å². The quantitative estimate of drug-likeness (QED) is 0.126. The van der Waals surface area contributed by atoms with E-state index < -0.39 is 12.2 Å². The van der Waals surface area contributed by atoms with E-state index in [4.69, 9.17) is 4.74 Å². The normalized spacial score (nSPS) is 10.6. The minimum absolute atomic E-state index is 0.0779. The van der Waals surface area contributed by atoms with Gasteiger partial charge in [-0.2, -0.15) is 0 Å². The molecule has 1 N–H and O–H groups in total. The van der Waals surface area contributed by atoms with Crippen molar-refractivity contribution in [2.24, 2.45) is 0 Å². The van der Waals surface area contributed by atoms with Crippen LogP contribution in [0.1, 0.15) is 54.3 Å². The summed E-state index contributed by atoms with van der Waals surface area (Å²) in [5.74, 6) is -0.198. The molecule has 0 bridgehead atoms. The van der Waals surface area contributed by atoms with Gasteiger partial charge in [-0.3, -0.25) is 14.6 Å². The van der Waals surface area contributed by atoms with E-state index >= 15 is 0 Å². The Hall–Kier alpha value is -5.61. The van der Waals surface area contributed by atoms with Gasteiger partial charge in [0.15, 0.2) is 11.6 Å². The lowest BCUT2D eigenvalue weighted by Gasteiger charge is -2.25. The van der Waals surface area contributed by atoms with E-state index in [0.29, 0.717) is 28.7 Å². The molecule has 9 nitrogen and oxygen atoms in total. The summed E-state index contributed by atoms with van der Waals surface area (Å²) in [7, 11) is 0. The zero-order valence-electron chi connectivity index (χ0n) is 25.5. The standard InChI is InChI=1S/C37H33N3O6S/c41-34(29-8-3-1-4-9-29)31-16-12-27(13-17-31)23-39(36(43)44)20-7-21-40(37(45)46-25-33-22-38-26-47-33)24-28-14-18-32(19-15-28)35(42)30-10-5-2-6-11-30/h1-6,8-19,22,26H,7,20-21,23-25H2,(H,43,44). The first-order chi connectivity index (χ1) is 22.9. The van der Waals surface area contributed by atoms with Gasteiger partial charge in [-0.25, -0.2) is 9.59 Å². The molecule has 2 amide bonds. The Morgan fingerprint density at radius 3 is 1.57 bits per heavy atom. The van der Waals surface area contributed by atoms with Crippen LogP contribution in [-0.4, -0.2) is 56.7 Å². The molecule has 238 valence electrons. The summed E-state index contributed by atoms with van der Waals surface area (Å²) in [6.07, 6.45) is 0.368. The zero-order valence-corrected chi connectivity index (χ0v) is 26.3. The van der Waals surface area contributed by atoms with E-state index in [2.05, 4.69) is 4.98 Å². The second-order valence-corrected chi connectivity index (χ2v) is 11.8. The maximum atomic E-state index is 13.2. The van der Waals surface area contributed by atoms with Gasteiger partial charge < -0.3 is 19.6 Å². The second kappa shape index (κ2) is 16.1. The lowest BCUT2D eigenvalue weighted by Crippen LogP contribution is -2.35. The number of carbonyl (C=O) groups excluding carboxylic acids is 3. The number of nitrogens with zero attached hydrogens (tertiary/aromatic N) is 3. The number of hydrogen-bond donors (Lipinski definition) is 1. The second-order valence-electron chi connectivity index (χ2n) is 10.8. The van der Waals surface area contributed by atoms with Crippen molar-refractivity contribution in [3.05, 3.63) is 159 Å². The van der Waals surface area contributed by atoms with Crippen molar-refractivity contribution in [2.45, 2.75) is 26.1 Å². The monoisotopic (exact) mass is 647 g/mol. The lowest BCUT2D eigenvalue weighted by molar-refractivity contribution is 0.0917. The fourth-order valence-electron chi connectivity index (χ4n) is 4.94. The van der Waals surface area contributed by atoms with Crippen molar-refractivity contribution >= 4 is 35.1 Å². The molecule has 0 atom stereocenters. The van der Waals surface area contributed by atoms with Crippen molar-refractivity contribution in [3.63, 3.8) is 0 Å². The van der Waals surface area contributed by atoms with E-state index in [1.54, 1.807) is 96.6 Å². The summed E-state index contributed by atoms with van der Waals surface area (Å²) in [6.45, 7) is 0.825. The van der Waals surface area contributed by atoms with E-state index in [1.807, 2.05) is 24.3 Å². The van der Waals surface area contributed by atoms with Gasteiger partial charge >= 0.3 is 12.2 Å². The number of benzene rings is 4. The van der Waals surface area contributed by atoms with Crippen LogP contribution in [0.2, 0.25) is 0 Å². The van der Waals surface area contributed by atoms with Crippen LogP contribution >= 0.6 is 11.3 Å². The number of aromatic nitrogens is 1. The number of amides is 2.